The molecule has 3 N–H and O–H groups in total. The molecule has 8 nitrogen and oxygen atoms in total. The largest absolute Gasteiger partial charge is 0.370 e. The molecule has 0 unspecified atom stereocenters. The van der Waals surface area contributed by atoms with E-state index in [1.165, 1.54) is 11.0 Å². The van der Waals surface area contributed by atoms with Crippen molar-refractivity contribution >= 4 is 11.6 Å². The lowest BCUT2D eigenvalue weighted by Gasteiger charge is -2.07. The van der Waals surface area contributed by atoms with Crippen molar-refractivity contribution in [1.29, 1.82) is 0 Å². The molecule has 0 fully saturated rings. The Bertz CT molecular complexity index is 528. The highest BCUT2D eigenvalue weighted by Crippen LogP contribution is 2.13. The number of carbonyl (C=O) groups is 1. The van der Waals surface area contributed by atoms with Crippen LogP contribution in [0.3, 0.4) is 0 Å². The Labute approximate surface area is 109 Å². The van der Waals surface area contributed by atoms with Crippen molar-refractivity contribution in [2.75, 3.05) is 25.1 Å². The van der Waals surface area contributed by atoms with Gasteiger partial charge in [0.15, 0.2) is 0 Å². The quantitative estimate of drug-likeness (QED) is 0.684. The molecule has 19 heavy (non-hydrogen) atoms. The smallest absolute Gasteiger partial charge is 0.250 e. The fourth-order valence-electron chi connectivity index (χ4n) is 1.45. The van der Waals surface area contributed by atoms with Crippen LogP contribution in [0.25, 0.3) is 5.69 Å². The van der Waals surface area contributed by atoms with Gasteiger partial charge >= 0.3 is 0 Å². The Kier molecular flexibility index (Phi) is 4.54. The van der Waals surface area contributed by atoms with E-state index in [0.717, 1.165) is 5.69 Å². The summed E-state index contributed by atoms with van der Waals surface area (Å²) in [7, 11) is 0. The zero-order valence-electron chi connectivity index (χ0n) is 10.2. The van der Waals surface area contributed by atoms with Gasteiger partial charge in [0.1, 0.15) is 12.9 Å². The van der Waals surface area contributed by atoms with E-state index in [0.29, 0.717) is 18.8 Å². The molecule has 1 aromatic carbocycles. The van der Waals surface area contributed by atoms with Crippen LogP contribution in [0.15, 0.2) is 30.6 Å². The van der Waals surface area contributed by atoms with Gasteiger partial charge in [-0.05, 0) is 28.6 Å². The molecule has 0 radical (unpaired) electrons. The zero-order valence-corrected chi connectivity index (χ0v) is 10.2. The van der Waals surface area contributed by atoms with Gasteiger partial charge in [-0.3, -0.25) is 4.79 Å². The first-order valence-electron chi connectivity index (χ1n) is 5.70. The molecule has 0 bridgehead atoms. The summed E-state index contributed by atoms with van der Waals surface area (Å²) >= 11 is 0. The van der Waals surface area contributed by atoms with E-state index in [4.69, 9.17) is 10.5 Å². The van der Waals surface area contributed by atoms with Crippen LogP contribution >= 0.6 is 0 Å². The van der Waals surface area contributed by atoms with Gasteiger partial charge in [-0.15, -0.1) is 5.10 Å². The Balaban J connectivity index is 1.97. The van der Waals surface area contributed by atoms with Gasteiger partial charge < -0.3 is 15.8 Å². The van der Waals surface area contributed by atoms with Gasteiger partial charge in [0.05, 0.1) is 12.3 Å². The number of hydrogen-bond acceptors (Lipinski definition) is 6. The number of anilines is 1. The van der Waals surface area contributed by atoms with Gasteiger partial charge in [-0.25, -0.2) is 4.68 Å². The van der Waals surface area contributed by atoms with Crippen LogP contribution in [0.5, 0.6) is 0 Å². The number of tetrazole rings is 1. The van der Waals surface area contributed by atoms with Crippen molar-refractivity contribution in [3.8, 4) is 5.69 Å². The summed E-state index contributed by atoms with van der Waals surface area (Å²) in [5.74, 6) is -0.234. The normalized spacial score (nSPS) is 10.4. The molecular weight excluding hydrogens is 248 g/mol. The molecule has 100 valence electrons. The monoisotopic (exact) mass is 262 g/mol. The maximum Gasteiger partial charge on any atom is 0.250 e. The molecule has 0 spiro atoms. The number of amides is 1. The second-order valence-corrected chi connectivity index (χ2v) is 3.69. The molecule has 8 heteroatoms. The van der Waals surface area contributed by atoms with Crippen LogP contribution in [-0.4, -0.2) is 45.9 Å². The van der Waals surface area contributed by atoms with Crippen LogP contribution in [0.4, 0.5) is 5.69 Å². The summed E-state index contributed by atoms with van der Waals surface area (Å²) < 4.78 is 6.55. The third-order valence-electron chi connectivity index (χ3n) is 2.24. The molecule has 1 amide bonds. The number of nitrogens with two attached hydrogens (primary N) is 1. The fourth-order valence-corrected chi connectivity index (χ4v) is 1.45. The average Bonchev–Trinajstić information content (AvgIpc) is 2.93. The maximum atomic E-state index is 11.6. The number of hydrogen-bond donors (Lipinski definition) is 2. The van der Waals surface area contributed by atoms with Gasteiger partial charge in [-0.2, -0.15) is 0 Å². The molecule has 0 aliphatic carbocycles. The Morgan fingerprint density at radius 2 is 2.37 bits per heavy atom. The Morgan fingerprint density at radius 1 is 1.47 bits per heavy atom. The molecule has 1 heterocycles. The van der Waals surface area contributed by atoms with E-state index < -0.39 is 0 Å². The van der Waals surface area contributed by atoms with Gasteiger partial charge in [0.2, 0.25) is 5.91 Å². The highest BCUT2D eigenvalue weighted by Gasteiger charge is 2.04. The SMILES string of the molecule is NCCOCC(=O)Nc1cccc(-n2cnnn2)c1. The van der Waals surface area contributed by atoms with Crippen molar-refractivity contribution in [2.24, 2.45) is 5.73 Å². The summed E-state index contributed by atoms with van der Waals surface area (Å²) in [6.07, 6.45) is 1.48. The van der Waals surface area contributed by atoms with Crippen LogP contribution < -0.4 is 11.1 Å². The fraction of sp³-hybridized carbons (Fsp3) is 0.273. The number of nitrogens with one attached hydrogen (secondary N) is 1. The first-order valence-corrected chi connectivity index (χ1v) is 5.70. The molecule has 0 aliphatic rings. The topological polar surface area (TPSA) is 108 Å². The molecule has 1 aromatic heterocycles. The minimum absolute atomic E-state index is 0.0215. The lowest BCUT2D eigenvalue weighted by atomic mass is 10.3. The standard InChI is InChI=1S/C11H14N6O2/c12-4-5-19-7-11(18)14-9-2-1-3-10(6-9)17-8-13-15-16-17/h1-3,6,8H,4-5,7,12H2,(H,14,18). The highest BCUT2D eigenvalue weighted by molar-refractivity contribution is 5.91. The van der Waals surface area contributed by atoms with E-state index in [2.05, 4.69) is 20.8 Å². The first kappa shape index (κ1) is 13.1. The van der Waals surface area contributed by atoms with Crippen LogP contribution in [0.1, 0.15) is 0 Å². The summed E-state index contributed by atoms with van der Waals surface area (Å²) in [5.41, 5.74) is 6.67. The minimum Gasteiger partial charge on any atom is -0.370 e. The molecule has 0 atom stereocenters. The number of rotatable bonds is 6. The summed E-state index contributed by atoms with van der Waals surface area (Å²) in [4.78, 5) is 11.6. The van der Waals surface area contributed by atoms with Crippen molar-refractivity contribution in [3.05, 3.63) is 30.6 Å². The number of carbonyl (C=O) groups excluding carboxylic acids is 1. The molecule has 0 saturated heterocycles. The second kappa shape index (κ2) is 6.57. The third kappa shape index (κ3) is 3.83. The predicted octanol–water partition coefficient (Wildman–Crippen LogP) is -0.424. The predicted molar refractivity (Wildman–Crippen MR) is 67.7 cm³/mol. The van der Waals surface area contributed by atoms with Gasteiger partial charge in [0, 0.05) is 12.2 Å². The maximum absolute atomic E-state index is 11.6. The van der Waals surface area contributed by atoms with Gasteiger partial charge in [0.25, 0.3) is 0 Å². The van der Waals surface area contributed by atoms with Crippen molar-refractivity contribution in [3.63, 3.8) is 0 Å². The van der Waals surface area contributed by atoms with Gasteiger partial charge in [-0.1, -0.05) is 6.07 Å². The molecular formula is C11H14N6O2. The lowest BCUT2D eigenvalue weighted by molar-refractivity contribution is -0.120. The minimum atomic E-state index is -0.234. The summed E-state index contributed by atoms with van der Waals surface area (Å²) in [5, 5.41) is 13.6. The van der Waals surface area contributed by atoms with E-state index >= 15 is 0 Å². The van der Waals surface area contributed by atoms with Crippen molar-refractivity contribution in [1.82, 2.24) is 20.2 Å². The third-order valence-corrected chi connectivity index (χ3v) is 2.24. The summed E-state index contributed by atoms with van der Waals surface area (Å²) in [6.45, 7) is 0.729. The Hall–Kier alpha value is -2.32. The average molecular weight is 262 g/mol. The van der Waals surface area contributed by atoms with Crippen LogP contribution in [0, 0.1) is 0 Å². The number of benzene rings is 1. The number of nitrogens with zero attached hydrogens (tertiary/aromatic N) is 4. The van der Waals surface area contributed by atoms with Crippen molar-refractivity contribution < 1.29 is 9.53 Å². The van der Waals surface area contributed by atoms with E-state index in [-0.39, 0.29) is 12.5 Å². The Morgan fingerprint density at radius 3 is 3.11 bits per heavy atom. The first-order chi connectivity index (χ1) is 9.29. The molecule has 0 saturated carbocycles. The van der Waals surface area contributed by atoms with E-state index in [9.17, 15) is 4.79 Å². The van der Waals surface area contributed by atoms with E-state index in [1.54, 1.807) is 18.2 Å². The molecule has 2 rings (SSSR count). The highest BCUT2D eigenvalue weighted by atomic mass is 16.5. The molecule has 0 aliphatic heterocycles. The number of ether oxygens (including phenoxy) is 1. The summed E-state index contributed by atoms with van der Waals surface area (Å²) in [6, 6.07) is 7.16. The van der Waals surface area contributed by atoms with Crippen molar-refractivity contribution in [2.45, 2.75) is 0 Å². The zero-order chi connectivity index (χ0) is 13.5. The number of aromatic nitrogens is 4. The van der Waals surface area contributed by atoms with Crippen LogP contribution in [-0.2, 0) is 9.53 Å². The van der Waals surface area contributed by atoms with E-state index in [1.807, 2.05) is 6.07 Å². The lowest BCUT2D eigenvalue weighted by Crippen LogP contribution is -2.20. The van der Waals surface area contributed by atoms with Crippen LogP contribution in [0.2, 0.25) is 0 Å². The molecule has 2 aromatic rings. The second-order valence-electron chi connectivity index (χ2n) is 3.69.